The molecule has 1 heterocycles. The van der Waals surface area contributed by atoms with Crippen molar-refractivity contribution in [2.75, 3.05) is 26.7 Å². The van der Waals surface area contributed by atoms with Crippen LogP contribution in [0.2, 0.25) is 0 Å². The van der Waals surface area contributed by atoms with Gasteiger partial charge in [-0.3, -0.25) is 9.89 Å². The van der Waals surface area contributed by atoms with Gasteiger partial charge in [0.2, 0.25) is 0 Å². The third-order valence-electron chi connectivity index (χ3n) is 3.99. The van der Waals surface area contributed by atoms with Crippen molar-refractivity contribution in [3.05, 3.63) is 48.1 Å². The predicted octanol–water partition coefficient (Wildman–Crippen LogP) is 2.90. The van der Waals surface area contributed by atoms with Gasteiger partial charge in [-0.2, -0.15) is 0 Å². The minimum Gasteiger partial charge on any atom is -0.354 e. The van der Waals surface area contributed by atoms with Crippen molar-refractivity contribution in [1.29, 1.82) is 0 Å². The van der Waals surface area contributed by atoms with Crippen LogP contribution in [0.15, 0.2) is 35.8 Å². The normalized spacial score (nSPS) is 16.4. The van der Waals surface area contributed by atoms with Gasteiger partial charge < -0.3 is 10.6 Å². The lowest BCUT2D eigenvalue weighted by Crippen LogP contribution is -2.48. The SMILES string of the molecule is C=CCN1CCC(NC(=NC)NCc2cc(F)ccc2F)CC1.I. The molecule has 0 unspecified atom stereocenters. The molecule has 24 heavy (non-hydrogen) atoms. The van der Waals surface area contributed by atoms with E-state index in [1.807, 2.05) is 6.08 Å². The molecule has 0 atom stereocenters. The molecule has 2 rings (SSSR count). The predicted molar refractivity (Wildman–Crippen MR) is 105 cm³/mol. The summed E-state index contributed by atoms with van der Waals surface area (Å²) < 4.78 is 26.8. The molecule has 1 aromatic rings. The van der Waals surface area contributed by atoms with E-state index in [1.54, 1.807) is 7.05 Å². The van der Waals surface area contributed by atoms with Gasteiger partial charge in [-0.25, -0.2) is 8.78 Å². The molecular formula is C17H25F2IN4. The molecule has 1 aromatic carbocycles. The Morgan fingerprint density at radius 2 is 2.08 bits per heavy atom. The van der Waals surface area contributed by atoms with Gasteiger partial charge in [0.05, 0.1) is 0 Å². The van der Waals surface area contributed by atoms with Crippen molar-refractivity contribution in [2.45, 2.75) is 25.4 Å². The quantitative estimate of drug-likeness (QED) is 0.314. The Labute approximate surface area is 159 Å². The molecule has 0 bridgehead atoms. The Bertz CT molecular complexity index is 558. The Kier molecular flexibility index (Phi) is 9.20. The number of benzene rings is 1. The van der Waals surface area contributed by atoms with E-state index >= 15 is 0 Å². The number of halogens is 3. The molecule has 0 saturated carbocycles. The Morgan fingerprint density at radius 1 is 1.38 bits per heavy atom. The van der Waals surface area contributed by atoms with Crippen LogP contribution in [0.3, 0.4) is 0 Å². The summed E-state index contributed by atoms with van der Waals surface area (Å²) in [6.07, 6.45) is 3.95. The van der Waals surface area contributed by atoms with E-state index in [1.165, 1.54) is 6.07 Å². The topological polar surface area (TPSA) is 39.7 Å². The summed E-state index contributed by atoms with van der Waals surface area (Å²) in [5, 5.41) is 6.38. The van der Waals surface area contributed by atoms with Gasteiger partial charge in [-0.15, -0.1) is 30.6 Å². The average molecular weight is 450 g/mol. The van der Waals surface area contributed by atoms with Crippen molar-refractivity contribution < 1.29 is 8.78 Å². The van der Waals surface area contributed by atoms with Crippen LogP contribution in [0, 0.1) is 11.6 Å². The van der Waals surface area contributed by atoms with Crippen LogP contribution >= 0.6 is 24.0 Å². The average Bonchev–Trinajstić information content (AvgIpc) is 2.56. The highest BCUT2D eigenvalue weighted by Gasteiger charge is 2.19. The first-order valence-electron chi connectivity index (χ1n) is 7.86. The summed E-state index contributed by atoms with van der Waals surface area (Å²) in [6, 6.07) is 3.78. The number of rotatable bonds is 5. The van der Waals surface area contributed by atoms with Gasteiger partial charge in [0.1, 0.15) is 11.6 Å². The van der Waals surface area contributed by atoms with E-state index in [-0.39, 0.29) is 36.1 Å². The highest BCUT2D eigenvalue weighted by atomic mass is 127. The lowest BCUT2D eigenvalue weighted by atomic mass is 10.1. The van der Waals surface area contributed by atoms with Crippen LogP contribution in [0.5, 0.6) is 0 Å². The van der Waals surface area contributed by atoms with Gasteiger partial charge in [0.15, 0.2) is 5.96 Å². The van der Waals surface area contributed by atoms with E-state index in [4.69, 9.17) is 0 Å². The third-order valence-corrected chi connectivity index (χ3v) is 3.99. The van der Waals surface area contributed by atoms with Crippen LogP contribution < -0.4 is 10.6 Å². The first kappa shape index (κ1) is 20.8. The molecule has 7 heteroatoms. The van der Waals surface area contributed by atoms with E-state index in [0.717, 1.165) is 44.6 Å². The Morgan fingerprint density at radius 3 is 2.71 bits per heavy atom. The summed E-state index contributed by atoms with van der Waals surface area (Å²) in [4.78, 5) is 6.50. The molecule has 1 saturated heterocycles. The number of likely N-dealkylation sites (tertiary alicyclic amines) is 1. The van der Waals surface area contributed by atoms with Crippen molar-refractivity contribution in [3.63, 3.8) is 0 Å². The van der Waals surface area contributed by atoms with Crippen molar-refractivity contribution in [3.8, 4) is 0 Å². The first-order chi connectivity index (χ1) is 11.1. The van der Waals surface area contributed by atoms with Gasteiger partial charge in [0, 0.05) is 44.8 Å². The fraction of sp³-hybridized carbons (Fsp3) is 0.471. The summed E-state index contributed by atoms with van der Waals surface area (Å²) in [6.45, 7) is 6.89. The molecule has 4 nitrogen and oxygen atoms in total. The van der Waals surface area contributed by atoms with E-state index in [9.17, 15) is 8.78 Å². The van der Waals surface area contributed by atoms with Gasteiger partial charge in [-0.05, 0) is 31.0 Å². The zero-order valence-corrected chi connectivity index (χ0v) is 16.2. The summed E-state index contributed by atoms with van der Waals surface area (Å²) in [5.41, 5.74) is 0.286. The fourth-order valence-electron chi connectivity index (χ4n) is 2.69. The van der Waals surface area contributed by atoms with Crippen molar-refractivity contribution in [2.24, 2.45) is 4.99 Å². The molecule has 1 fully saturated rings. The van der Waals surface area contributed by atoms with Crippen LogP contribution in [0.25, 0.3) is 0 Å². The largest absolute Gasteiger partial charge is 0.354 e. The number of nitrogens with one attached hydrogen (secondary N) is 2. The highest BCUT2D eigenvalue weighted by molar-refractivity contribution is 14.0. The van der Waals surface area contributed by atoms with Crippen LogP contribution in [-0.2, 0) is 6.54 Å². The van der Waals surface area contributed by atoms with Crippen LogP contribution in [-0.4, -0.2) is 43.6 Å². The maximum absolute atomic E-state index is 13.6. The van der Waals surface area contributed by atoms with E-state index in [2.05, 4.69) is 27.1 Å². The molecule has 1 aliphatic rings. The van der Waals surface area contributed by atoms with Crippen molar-refractivity contribution in [1.82, 2.24) is 15.5 Å². The number of aliphatic imine (C=N–C) groups is 1. The zero-order valence-electron chi connectivity index (χ0n) is 13.9. The number of nitrogens with zero attached hydrogens (tertiary/aromatic N) is 2. The van der Waals surface area contributed by atoms with Crippen LogP contribution in [0.1, 0.15) is 18.4 Å². The molecule has 2 N–H and O–H groups in total. The highest BCUT2D eigenvalue weighted by Crippen LogP contribution is 2.11. The third kappa shape index (κ3) is 6.35. The molecule has 0 aromatic heterocycles. The summed E-state index contributed by atoms with van der Waals surface area (Å²) >= 11 is 0. The van der Waals surface area contributed by atoms with Gasteiger partial charge in [-0.1, -0.05) is 6.08 Å². The first-order valence-corrected chi connectivity index (χ1v) is 7.86. The Balaban J connectivity index is 0.00000288. The number of piperidine rings is 1. The van der Waals surface area contributed by atoms with Crippen LogP contribution in [0.4, 0.5) is 8.78 Å². The fourth-order valence-corrected chi connectivity index (χ4v) is 2.69. The standard InChI is InChI=1S/C17H24F2N4.HI/c1-3-8-23-9-6-15(7-10-23)22-17(20-2)21-12-13-11-14(18)4-5-16(13)19;/h3-5,11,15H,1,6-10,12H2,2H3,(H2,20,21,22);1H. The second-order valence-electron chi connectivity index (χ2n) is 5.67. The number of hydrogen-bond acceptors (Lipinski definition) is 2. The van der Waals surface area contributed by atoms with Gasteiger partial charge >= 0.3 is 0 Å². The second kappa shape index (κ2) is 10.6. The molecule has 1 aliphatic heterocycles. The van der Waals surface area contributed by atoms with E-state index < -0.39 is 11.6 Å². The lowest BCUT2D eigenvalue weighted by Gasteiger charge is -2.32. The monoisotopic (exact) mass is 450 g/mol. The maximum atomic E-state index is 13.6. The number of guanidine groups is 1. The number of hydrogen-bond donors (Lipinski definition) is 2. The smallest absolute Gasteiger partial charge is 0.191 e. The lowest BCUT2D eigenvalue weighted by molar-refractivity contribution is 0.225. The molecule has 134 valence electrons. The van der Waals surface area contributed by atoms with E-state index in [0.29, 0.717) is 12.0 Å². The zero-order chi connectivity index (χ0) is 16.7. The van der Waals surface area contributed by atoms with Crippen molar-refractivity contribution >= 4 is 29.9 Å². The maximum Gasteiger partial charge on any atom is 0.191 e. The van der Waals surface area contributed by atoms with Gasteiger partial charge in [0.25, 0.3) is 0 Å². The molecular weight excluding hydrogens is 425 g/mol. The second-order valence-corrected chi connectivity index (χ2v) is 5.67. The molecule has 0 spiro atoms. The molecule has 0 amide bonds. The minimum absolute atomic E-state index is 0. The summed E-state index contributed by atoms with van der Waals surface area (Å²) in [5.74, 6) is -0.261. The Hall–Kier alpha value is -1.22. The molecule has 0 aliphatic carbocycles. The molecule has 0 radical (unpaired) electrons. The minimum atomic E-state index is -0.444. The summed E-state index contributed by atoms with van der Waals surface area (Å²) in [7, 11) is 1.67.